The largest absolute Gasteiger partial charge is 0.398 e. The van der Waals surface area contributed by atoms with Crippen molar-refractivity contribution >= 4 is 23.2 Å². The fourth-order valence-corrected chi connectivity index (χ4v) is 2.03. The summed E-state index contributed by atoms with van der Waals surface area (Å²) in [5.41, 5.74) is 6.71. The summed E-state index contributed by atoms with van der Waals surface area (Å²) < 4.78 is 10.6. The molecule has 118 valence electrons. The number of nitrogens with zero attached hydrogens (tertiary/aromatic N) is 1. The molecule has 0 bridgehead atoms. The van der Waals surface area contributed by atoms with Crippen molar-refractivity contribution in [3.63, 3.8) is 0 Å². The summed E-state index contributed by atoms with van der Waals surface area (Å²) in [6, 6.07) is 4.89. The molecule has 0 aliphatic rings. The van der Waals surface area contributed by atoms with Crippen molar-refractivity contribution in [1.29, 1.82) is 0 Å². The van der Waals surface area contributed by atoms with Crippen LogP contribution < -0.4 is 5.73 Å². The monoisotopic (exact) mass is 314 g/mol. The van der Waals surface area contributed by atoms with E-state index in [1.165, 1.54) is 0 Å². The van der Waals surface area contributed by atoms with Crippen LogP contribution in [0.1, 0.15) is 24.2 Å². The van der Waals surface area contributed by atoms with Crippen LogP contribution in [0.3, 0.4) is 0 Å². The van der Waals surface area contributed by atoms with Crippen molar-refractivity contribution in [3.8, 4) is 0 Å². The van der Waals surface area contributed by atoms with E-state index in [1.807, 2.05) is 13.8 Å². The minimum absolute atomic E-state index is 0.136. The Morgan fingerprint density at radius 2 is 1.76 bits per heavy atom. The number of amides is 1. The summed E-state index contributed by atoms with van der Waals surface area (Å²) in [5, 5.41) is 0.513. The molecule has 0 heterocycles. The first-order chi connectivity index (χ1) is 10.1. The van der Waals surface area contributed by atoms with Gasteiger partial charge in [0.15, 0.2) is 0 Å². The minimum Gasteiger partial charge on any atom is -0.398 e. The molecule has 0 saturated carbocycles. The molecule has 1 amide bonds. The van der Waals surface area contributed by atoms with Gasteiger partial charge in [0.1, 0.15) is 0 Å². The molecular formula is C15H23ClN2O3. The van der Waals surface area contributed by atoms with Gasteiger partial charge in [-0.15, -0.1) is 0 Å². The molecule has 0 saturated heterocycles. The Balaban J connectivity index is 2.76. The molecule has 0 unspecified atom stereocenters. The SMILES string of the molecule is CCOCCN(CCOCC)C(=O)c1ccc(Cl)cc1N. The van der Waals surface area contributed by atoms with Crippen molar-refractivity contribution in [2.24, 2.45) is 0 Å². The lowest BCUT2D eigenvalue weighted by Gasteiger charge is -2.23. The Bertz CT molecular complexity index is 445. The minimum atomic E-state index is -0.136. The number of nitrogens with two attached hydrogens (primary N) is 1. The summed E-state index contributed by atoms with van der Waals surface area (Å²) in [6.07, 6.45) is 0. The summed E-state index contributed by atoms with van der Waals surface area (Å²) in [5.74, 6) is -0.136. The van der Waals surface area contributed by atoms with E-state index in [1.54, 1.807) is 23.1 Å². The van der Waals surface area contributed by atoms with Gasteiger partial charge < -0.3 is 20.1 Å². The molecule has 1 aromatic rings. The maximum absolute atomic E-state index is 12.6. The third kappa shape index (κ3) is 5.91. The number of halogens is 1. The van der Waals surface area contributed by atoms with Crippen LogP contribution in [0.15, 0.2) is 18.2 Å². The van der Waals surface area contributed by atoms with Crippen LogP contribution >= 0.6 is 11.6 Å². The average Bonchev–Trinajstić information content (AvgIpc) is 2.45. The summed E-state index contributed by atoms with van der Waals surface area (Å²) in [4.78, 5) is 14.2. The van der Waals surface area contributed by atoms with E-state index in [0.717, 1.165) is 0 Å². The fourth-order valence-electron chi connectivity index (χ4n) is 1.85. The molecule has 21 heavy (non-hydrogen) atoms. The number of anilines is 1. The zero-order valence-electron chi connectivity index (χ0n) is 12.6. The third-order valence-electron chi connectivity index (χ3n) is 2.95. The third-order valence-corrected chi connectivity index (χ3v) is 3.19. The molecule has 1 aromatic carbocycles. The number of carbonyl (C=O) groups excluding carboxylic acids is 1. The van der Waals surface area contributed by atoms with Crippen molar-refractivity contribution in [2.75, 3.05) is 45.3 Å². The highest BCUT2D eigenvalue weighted by molar-refractivity contribution is 6.31. The van der Waals surface area contributed by atoms with Crippen LogP contribution in [0.25, 0.3) is 0 Å². The van der Waals surface area contributed by atoms with Crippen LogP contribution in [0.2, 0.25) is 5.02 Å². The van der Waals surface area contributed by atoms with E-state index in [4.69, 9.17) is 26.8 Å². The lowest BCUT2D eigenvalue weighted by molar-refractivity contribution is 0.0551. The maximum Gasteiger partial charge on any atom is 0.256 e. The number of benzene rings is 1. The second-order valence-corrected chi connectivity index (χ2v) is 4.85. The first-order valence-electron chi connectivity index (χ1n) is 7.09. The lowest BCUT2D eigenvalue weighted by Crippen LogP contribution is -2.37. The Hall–Kier alpha value is -1.30. The number of ether oxygens (including phenoxy) is 2. The van der Waals surface area contributed by atoms with E-state index in [9.17, 15) is 4.79 Å². The van der Waals surface area contributed by atoms with Crippen LogP contribution in [0, 0.1) is 0 Å². The molecule has 2 N–H and O–H groups in total. The predicted molar refractivity (Wildman–Crippen MR) is 84.8 cm³/mol. The maximum atomic E-state index is 12.6. The Labute approximate surface area is 131 Å². The molecule has 5 nitrogen and oxygen atoms in total. The first-order valence-corrected chi connectivity index (χ1v) is 7.47. The van der Waals surface area contributed by atoms with Crippen molar-refractivity contribution < 1.29 is 14.3 Å². The van der Waals surface area contributed by atoms with Gasteiger partial charge in [0, 0.05) is 37.0 Å². The topological polar surface area (TPSA) is 64.8 Å². The highest BCUT2D eigenvalue weighted by Crippen LogP contribution is 2.19. The first kappa shape index (κ1) is 17.8. The summed E-state index contributed by atoms with van der Waals surface area (Å²) >= 11 is 5.86. The van der Waals surface area contributed by atoms with Gasteiger partial charge in [-0.3, -0.25) is 4.79 Å². The molecule has 0 radical (unpaired) electrons. The highest BCUT2D eigenvalue weighted by atomic mass is 35.5. The van der Waals surface area contributed by atoms with E-state index in [-0.39, 0.29) is 5.91 Å². The van der Waals surface area contributed by atoms with E-state index >= 15 is 0 Å². The van der Waals surface area contributed by atoms with Gasteiger partial charge >= 0.3 is 0 Å². The average molecular weight is 315 g/mol. The number of hydrogen-bond acceptors (Lipinski definition) is 4. The summed E-state index contributed by atoms with van der Waals surface area (Å²) in [7, 11) is 0. The molecule has 0 spiro atoms. The Morgan fingerprint density at radius 1 is 1.19 bits per heavy atom. The van der Waals surface area contributed by atoms with E-state index < -0.39 is 0 Å². The normalized spacial score (nSPS) is 10.6. The molecule has 1 rings (SSSR count). The smallest absolute Gasteiger partial charge is 0.256 e. The molecule has 0 aliphatic heterocycles. The van der Waals surface area contributed by atoms with Crippen molar-refractivity contribution in [1.82, 2.24) is 4.90 Å². The zero-order valence-corrected chi connectivity index (χ0v) is 13.4. The van der Waals surface area contributed by atoms with Gasteiger partial charge in [-0.2, -0.15) is 0 Å². The molecule has 6 heteroatoms. The number of rotatable bonds is 9. The van der Waals surface area contributed by atoms with Gasteiger partial charge in [0.25, 0.3) is 5.91 Å². The van der Waals surface area contributed by atoms with Gasteiger partial charge in [0.2, 0.25) is 0 Å². The molecule has 0 aliphatic carbocycles. The summed E-state index contributed by atoms with van der Waals surface area (Å²) in [6.45, 7) is 7.06. The second-order valence-electron chi connectivity index (χ2n) is 4.42. The molecule has 0 atom stereocenters. The fraction of sp³-hybridized carbons (Fsp3) is 0.533. The van der Waals surface area contributed by atoms with Crippen molar-refractivity contribution in [2.45, 2.75) is 13.8 Å². The highest BCUT2D eigenvalue weighted by Gasteiger charge is 2.18. The quantitative estimate of drug-likeness (QED) is 0.561. The van der Waals surface area contributed by atoms with Crippen LogP contribution in [-0.2, 0) is 9.47 Å². The molecule has 0 aromatic heterocycles. The van der Waals surface area contributed by atoms with Crippen molar-refractivity contribution in [3.05, 3.63) is 28.8 Å². The van der Waals surface area contributed by atoms with Gasteiger partial charge in [0.05, 0.1) is 18.8 Å². The molecule has 0 fully saturated rings. The van der Waals surface area contributed by atoms with Gasteiger partial charge in [-0.05, 0) is 32.0 Å². The van der Waals surface area contributed by atoms with Crippen LogP contribution in [0.5, 0.6) is 0 Å². The zero-order chi connectivity index (χ0) is 15.7. The standard InChI is InChI=1S/C15H23ClN2O3/c1-3-20-9-7-18(8-10-21-4-2)15(19)13-6-5-12(16)11-14(13)17/h5-6,11H,3-4,7-10,17H2,1-2H3. The van der Waals surface area contributed by atoms with Crippen LogP contribution in [-0.4, -0.2) is 50.3 Å². The number of hydrogen-bond donors (Lipinski definition) is 1. The van der Waals surface area contributed by atoms with E-state index in [0.29, 0.717) is 55.8 Å². The number of nitrogen functional groups attached to an aromatic ring is 1. The lowest BCUT2D eigenvalue weighted by atomic mass is 10.1. The predicted octanol–water partition coefficient (Wildman–Crippen LogP) is 2.44. The van der Waals surface area contributed by atoms with Gasteiger partial charge in [-0.1, -0.05) is 11.6 Å². The second kappa shape index (κ2) is 9.60. The van der Waals surface area contributed by atoms with E-state index in [2.05, 4.69) is 0 Å². The number of carbonyl (C=O) groups is 1. The Kier molecular flexibility index (Phi) is 8.12. The van der Waals surface area contributed by atoms with Crippen LogP contribution in [0.4, 0.5) is 5.69 Å². The Morgan fingerprint density at radius 3 is 2.24 bits per heavy atom. The van der Waals surface area contributed by atoms with Gasteiger partial charge in [-0.25, -0.2) is 0 Å². The molecular weight excluding hydrogens is 292 g/mol.